The van der Waals surface area contributed by atoms with Crippen molar-refractivity contribution in [3.05, 3.63) is 71.9 Å². The van der Waals surface area contributed by atoms with Crippen LogP contribution in [0.25, 0.3) is 10.9 Å². The summed E-state index contributed by atoms with van der Waals surface area (Å²) in [6, 6.07) is 18.9. The minimum Gasteiger partial charge on any atom is -0.487 e. The molecule has 2 aromatic carbocycles. The lowest BCUT2D eigenvalue weighted by Gasteiger charge is -2.33. The normalized spacial score (nSPS) is 15.3. The smallest absolute Gasteiger partial charge is 0.253 e. The molecule has 1 aliphatic rings. The molecule has 0 N–H and O–H groups in total. The molecule has 1 saturated heterocycles. The summed E-state index contributed by atoms with van der Waals surface area (Å²) in [7, 11) is -3.21. The van der Waals surface area contributed by atoms with Gasteiger partial charge in [-0.3, -0.25) is 4.79 Å². The first kappa shape index (κ1) is 20.3. The molecule has 0 radical (unpaired) electrons. The number of carbonyl (C=O) groups excluding carboxylic acids is 1. The van der Waals surface area contributed by atoms with E-state index in [-0.39, 0.29) is 5.91 Å². The number of hydrogen-bond donors (Lipinski definition) is 0. The van der Waals surface area contributed by atoms with Crippen LogP contribution in [0.5, 0.6) is 5.75 Å². The number of benzene rings is 2. The lowest BCUT2D eigenvalue weighted by Crippen LogP contribution is -2.50. The molecule has 8 heteroatoms. The van der Waals surface area contributed by atoms with Crippen molar-refractivity contribution >= 4 is 26.8 Å². The van der Waals surface area contributed by atoms with Crippen LogP contribution in [-0.2, 0) is 16.6 Å². The SMILES string of the molecule is CS(=O)(=O)N1CCN(C(=O)c2ccc(OCc3ccc4ccccc4n3)cc2)CC1. The standard InChI is InChI=1S/C22H23N3O4S/c1-30(27,28)25-14-12-24(13-15-25)22(26)18-7-10-20(11-8-18)29-16-19-9-6-17-4-2-3-5-21(17)23-19/h2-11H,12-16H2,1H3. The Labute approximate surface area is 175 Å². The molecule has 0 spiro atoms. The van der Waals surface area contributed by atoms with Crippen LogP contribution in [0.2, 0.25) is 0 Å². The minimum absolute atomic E-state index is 0.106. The van der Waals surface area contributed by atoms with Crippen LogP contribution in [0, 0.1) is 0 Å². The fraction of sp³-hybridized carbons (Fsp3) is 0.273. The lowest BCUT2D eigenvalue weighted by atomic mass is 10.2. The van der Waals surface area contributed by atoms with Crippen LogP contribution in [0.15, 0.2) is 60.7 Å². The number of para-hydroxylation sites is 1. The van der Waals surface area contributed by atoms with E-state index in [1.807, 2.05) is 36.4 Å². The summed E-state index contributed by atoms with van der Waals surface area (Å²) in [6.45, 7) is 1.76. The van der Waals surface area contributed by atoms with Gasteiger partial charge in [-0.2, -0.15) is 4.31 Å². The number of rotatable bonds is 5. The molecule has 0 aliphatic carbocycles. The fourth-order valence-electron chi connectivity index (χ4n) is 3.45. The Hall–Kier alpha value is -2.97. The molecule has 0 bridgehead atoms. The average molecular weight is 426 g/mol. The van der Waals surface area contributed by atoms with Gasteiger partial charge in [-0.1, -0.05) is 24.3 Å². The number of pyridine rings is 1. The van der Waals surface area contributed by atoms with Crippen LogP contribution in [0.3, 0.4) is 0 Å². The predicted octanol–water partition coefficient (Wildman–Crippen LogP) is 2.53. The van der Waals surface area contributed by atoms with Gasteiger partial charge >= 0.3 is 0 Å². The lowest BCUT2D eigenvalue weighted by molar-refractivity contribution is 0.0698. The highest BCUT2D eigenvalue weighted by Crippen LogP contribution is 2.18. The first-order valence-corrected chi connectivity index (χ1v) is 11.6. The second kappa shape index (κ2) is 8.41. The van der Waals surface area contributed by atoms with E-state index in [0.29, 0.717) is 44.1 Å². The number of aromatic nitrogens is 1. The number of ether oxygens (including phenoxy) is 1. The van der Waals surface area contributed by atoms with E-state index in [9.17, 15) is 13.2 Å². The molecule has 1 amide bonds. The molecule has 3 aromatic rings. The van der Waals surface area contributed by atoms with Gasteiger partial charge < -0.3 is 9.64 Å². The van der Waals surface area contributed by atoms with Gasteiger partial charge in [0.05, 0.1) is 17.5 Å². The second-order valence-corrected chi connectivity index (χ2v) is 9.25. The van der Waals surface area contributed by atoms with Crippen LogP contribution in [0.4, 0.5) is 0 Å². The molecule has 0 saturated carbocycles. The fourth-order valence-corrected chi connectivity index (χ4v) is 4.27. The van der Waals surface area contributed by atoms with Gasteiger partial charge in [0.25, 0.3) is 5.91 Å². The second-order valence-electron chi connectivity index (χ2n) is 7.26. The van der Waals surface area contributed by atoms with Gasteiger partial charge in [0.15, 0.2) is 0 Å². The van der Waals surface area contributed by atoms with E-state index >= 15 is 0 Å². The zero-order valence-corrected chi connectivity index (χ0v) is 17.5. The van der Waals surface area contributed by atoms with Crippen molar-refractivity contribution < 1.29 is 17.9 Å². The molecule has 30 heavy (non-hydrogen) atoms. The highest BCUT2D eigenvalue weighted by molar-refractivity contribution is 7.88. The van der Waals surface area contributed by atoms with Gasteiger partial charge in [-0.05, 0) is 36.4 Å². The minimum atomic E-state index is -3.21. The monoisotopic (exact) mass is 425 g/mol. The van der Waals surface area contributed by atoms with Gasteiger partial charge in [0.2, 0.25) is 10.0 Å². The number of sulfonamides is 1. The van der Waals surface area contributed by atoms with E-state index in [0.717, 1.165) is 16.6 Å². The molecule has 7 nitrogen and oxygen atoms in total. The Morgan fingerprint density at radius 2 is 1.67 bits per heavy atom. The number of nitrogens with zero attached hydrogens (tertiary/aromatic N) is 3. The Bertz CT molecular complexity index is 1150. The predicted molar refractivity (Wildman–Crippen MR) is 115 cm³/mol. The highest BCUT2D eigenvalue weighted by atomic mass is 32.2. The number of amides is 1. The Morgan fingerprint density at radius 1 is 0.967 bits per heavy atom. The van der Waals surface area contributed by atoms with Gasteiger partial charge in [0, 0.05) is 37.1 Å². The summed E-state index contributed by atoms with van der Waals surface area (Å²) < 4.78 is 30.4. The summed E-state index contributed by atoms with van der Waals surface area (Å²) >= 11 is 0. The maximum Gasteiger partial charge on any atom is 0.253 e. The molecule has 1 aromatic heterocycles. The van der Waals surface area contributed by atoms with Crippen molar-refractivity contribution in [1.82, 2.24) is 14.2 Å². The summed E-state index contributed by atoms with van der Waals surface area (Å²) in [4.78, 5) is 18.9. The molecular formula is C22H23N3O4S. The third kappa shape index (κ3) is 4.60. The largest absolute Gasteiger partial charge is 0.487 e. The Morgan fingerprint density at radius 3 is 2.37 bits per heavy atom. The maximum atomic E-state index is 12.7. The molecular weight excluding hydrogens is 402 g/mol. The van der Waals surface area contributed by atoms with Crippen LogP contribution in [0.1, 0.15) is 16.1 Å². The van der Waals surface area contributed by atoms with E-state index < -0.39 is 10.0 Å². The topological polar surface area (TPSA) is 79.8 Å². The maximum absolute atomic E-state index is 12.7. The molecule has 1 fully saturated rings. The van der Waals surface area contributed by atoms with E-state index in [4.69, 9.17) is 4.74 Å². The van der Waals surface area contributed by atoms with Crippen LogP contribution < -0.4 is 4.74 Å². The van der Waals surface area contributed by atoms with Crippen molar-refractivity contribution in [1.29, 1.82) is 0 Å². The van der Waals surface area contributed by atoms with Gasteiger partial charge in [-0.15, -0.1) is 0 Å². The zero-order chi connectivity index (χ0) is 21.1. The molecule has 4 rings (SSSR count). The third-order valence-electron chi connectivity index (χ3n) is 5.14. The van der Waals surface area contributed by atoms with E-state index in [1.54, 1.807) is 29.2 Å². The first-order chi connectivity index (χ1) is 14.4. The number of fused-ring (bicyclic) bond motifs is 1. The van der Waals surface area contributed by atoms with Gasteiger partial charge in [0.1, 0.15) is 12.4 Å². The van der Waals surface area contributed by atoms with Crippen molar-refractivity contribution in [2.75, 3.05) is 32.4 Å². The summed E-state index contributed by atoms with van der Waals surface area (Å²) in [5.41, 5.74) is 2.31. The summed E-state index contributed by atoms with van der Waals surface area (Å²) in [5, 5.41) is 1.08. The Kier molecular flexibility index (Phi) is 5.69. The van der Waals surface area contributed by atoms with Gasteiger partial charge in [-0.25, -0.2) is 13.4 Å². The third-order valence-corrected chi connectivity index (χ3v) is 6.44. The summed E-state index contributed by atoms with van der Waals surface area (Å²) in [6.07, 6.45) is 1.19. The molecule has 0 atom stereocenters. The van der Waals surface area contributed by atoms with Crippen molar-refractivity contribution in [3.8, 4) is 5.75 Å². The Balaban J connectivity index is 1.35. The molecule has 2 heterocycles. The first-order valence-electron chi connectivity index (χ1n) is 9.72. The van der Waals surface area contributed by atoms with E-state index in [1.165, 1.54) is 10.6 Å². The van der Waals surface area contributed by atoms with E-state index in [2.05, 4.69) is 4.98 Å². The van der Waals surface area contributed by atoms with Crippen LogP contribution in [-0.4, -0.2) is 60.9 Å². The molecule has 1 aliphatic heterocycles. The quantitative estimate of drug-likeness (QED) is 0.628. The number of carbonyl (C=O) groups is 1. The highest BCUT2D eigenvalue weighted by Gasteiger charge is 2.26. The zero-order valence-electron chi connectivity index (χ0n) is 16.7. The number of hydrogen-bond acceptors (Lipinski definition) is 5. The average Bonchev–Trinajstić information content (AvgIpc) is 2.77. The molecule has 0 unspecified atom stereocenters. The molecule has 156 valence electrons. The van der Waals surface area contributed by atoms with Crippen molar-refractivity contribution in [3.63, 3.8) is 0 Å². The van der Waals surface area contributed by atoms with Crippen molar-refractivity contribution in [2.24, 2.45) is 0 Å². The van der Waals surface area contributed by atoms with Crippen molar-refractivity contribution in [2.45, 2.75) is 6.61 Å². The summed E-state index contributed by atoms with van der Waals surface area (Å²) in [5.74, 6) is 0.550. The van der Waals surface area contributed by atoms with Crippen LogP contribution >= 0.6 is 0 Å². The number of piperazine rings is 1.